The second-order valence-electron chi connectivity index (χ2n) is 8.44. The van der Waals surface area contributed by atoms with Crippen LogP contribution in [0, 0.1) is 13.8 Å². The Bertz CT molecular complexity index is 1270. The highest BCUT2D eigenvalue weighted by atomic mass is 14.3. The number of aryl methyl sites for hydroxylation is 2. The van der Waals surface area contributed by atoms with Crippen molar-refractivity contribution in [3.05, 3.63) is 94.0 Å². The van der Waals surface area contributed by atoms with E-state index in [1.165, 1.54) is 55.3 Å². The average molecular weight is 361 g/mol. The van der Waals surface area contributed by atoms with Crippen LogP contribution in [0.1, 0.15) is 33.4 Å². The number of hydrogen-bond acceptors (Lipinski definition) is 0. The molecule has 0 unspecified atom stereocenters. The van der Waals surface area contributed by atoms with Crippen molar-refractivity contribution in [3.63, 3.8) is 0 Å². The van der Waals surface area contributed by atoms with Gasteiger partial charge in [0.2, 0.25) is 0 Å². The lowest BCUT2D eigenvalue weighted by Crippen LogP contribution is -2.15. The van der Waals surface area contributed by atoms with Crippen molar-refractivity contribution < 1.29 is 0 Å². The Morgan fingerprint density at radius 3 is 2.07 bits per heavy atom. The molecule has 0 radical (unpaired) electrons. The summed E-state index contributed by atoms with van der Waals surface area (Å²) in [5.74, 6) is 0. The largest absolute Gasteiger partial charge is 0.0620 e. The van der Waals surface area contributed by atoms with Crippen LogP contribution in [0.3, 0.4) is 0 Å². The highest BCUT2D eigenvalue weighted by molar-refractivity contribution is 6.05. The summed E-state index contributed by atoms with van der Waals surface area (Å²) in [6, 6.07) is 22.7. The van der Waals surface area contributed by atoms with Crippen molar-refractivity contribution in [1.29, 1.82) is 0 Å². The molecular weight excluding hydrogens is 336 g/mol. The molecule has 0 aliphatic heterocycles. The molecule has 0 N–H and O–H groups in total. The first-order valence-electron chi connectivity index (χ1n) is 10.5. The van der Waals surface area contributed by atoms with E-state index < -0.39 is 0 Å². The summed E-state index contributed by atoms with van der Waals surface area (Å²) in [6.45, 7) is 4.70. The minimum Gasteiger partial charge on any atom is -0.0620 e. The normalized spacial score (nSPS) is 14.2. The van der Waals surface area contributed by atoms with Gasteiger partial charge in [0.25, 0.3) is 0 Å². The van der Waals surface area contributed by atoms with Crippen molar-refractivity contribution in [2.24, 2.45) is 0 Å². The quantitative estimate of drug-likeness (QED) is 0.317. The number of benzene rings is 4. The van der Waals surface area contributed by atoms with Crippen LogP contribution in [0.2, 0.25) is 0 Å². The topological polar surface area (TPSA) is 0 Å². The van der Waals surface area contributed by atoms with Crippen LogP contribution >= 0.6 is 0 Å². The maximum atomic E-state index is 2.37. The van der Waals surface area contributed by atoms with Crippen LogP contribution in [0.4, 0.5) is 0 Å². The van der Waals surface area contributed by atoms with E-state index in [4.69, 9.17) is 0 Å². The Morgan fingerprint density at radius 2 is 1.21 bits per heavy atom. The first-order chi connectivity index (χ1) is 13.7. The monoisotopic (exact) mass is 360 g/mol. The fourth-order valence-corrected chi connectivity index (χ4v) is 5.65. The van der Waals surface area contributed by atoms with E-state index >= 15 is 0 Å². The fourth-order valence-electron chi connectivity index (χ4n) is 5.65. The van der Waals surface area contributed by atoms with Crippen molar-refractivity contribution >= 4 is 10.8 Å². The second-order valence-corrected chi connectivity index (χ2v) is 8.44. The van der Waals surface area contributed by atoms with Gasteiger partial charge in [0.1, 0.15) is 0 Å². The molecule has 0 heterocycles. The van der Waals surface area contributed by atoms with Gasteiger partial charge in [-0.3, -0.25) is 0 Å². The van der Waals surface area contributed by atoms with Gasteiger partial charge < -0.3 is 0 Å². The van der Waals surface area contributed by atoms with Crippen molar-refractivity contribution in [1.82, 2.24) is 0 Å². The molecule has 0 atom stereocenters. The molecule has 0 heteroatoms. The van der Waals surface area contributed by atoms with Gasteiger partial charge in [-0.1, -0.05) is 60.7 Å². The Labute approximate surface area is 166 Å². The van der Waals surface area contributed by atoms with Crippen molar-refractivity contribution in [2.75, 3.05) is 0 Å². The molecule has 0 bridgehead atoms. The van der Waals surface area contributed by atoms with E-state index in [1.807, 2.05) is 0 Å². The molecule has 28 heavy (non-hydrogen) atoms. The first kappa shape index (κ1) is 16.1. The Hall–Kier alpha value is -2.86. The maximum Gasteiger partial charge on any atom is -0.00585 e. The Morgan fingerprint density at radius 1 is 0.536 bits per heavy atom. The molecule has 4 aromatic rings. The predicted molar refractivity (Wildman–Crippen MR) is 119 cm³/mol. The number of rotatable bonds is 0. The highest BCUT2D eigenvalue weighted by Gasteiger charge is 2.29. The molecule has 4 aromatic carbocycles. The third-order valence-corrected chi connectivity index (χ3v) is 7.16. The van der Waals surface area contributed by atoms with Gasteiger partial charge in [0, 0.05) is 0 Å². The smallest absolute Gasteiger partial charge is 0.00585 e. The fraction of sp³-hybridized carbons (Fsp3) is 0.214. The second kappa shape index (κ2) is 5.82. The number of fused-ring (bicyclic) bond motifs is 9. The van der Waals surface area contributed by atoms with Gasteiger partial charge in [0.05, 0.1) is 0 Å². The molecule has 0 nitrogen and oxygen atoms in total. The summed E-state index contributed by atoms with van der Waals surface area (Å²) in [5, 5.41) is 2.76. The molecule has 0 fully saturated rings. The molecule has 6 rings (SSSR count). The zero-order chi connectivity index (χ0) is 18.8. The zero-order valence-electron chi connectivity index (χ0n) is 16.6. The van der Waals surface area contributed by atoms with Gasteiger partial charge in [-0.25, -0.2) is 0 Å². The van der Waals surface area contributed by atoms with E-state index in [0.717, 1.165) is 25.7 Å². The third kappa shape index (κ3) is 2.06. The van der Waals surface area contributed by atoms with Gasteiger partial charge in [0.15, 0.2) is 0 Å². The minimum absolute atomic E-state index is 1.15. The molecule has 0 aromatic heterocycles. The molecule has 0 spiro atoms. The Balaban J connectivity index is 1.82. The van der Waals surface area contributed by atoms with Crippen LogP contribution in [-0.2, 0) is 25.7 Å². The van der Waals surface area contributed by atoms with E-state index in [0.29, 0.717) is 0 Å². The van der Waals surface area contributed by atoms with Gasteiger partial charge in [-0.2, -0.15) is 0 Å². The van der Waals surface area contributed by atoms with Gasteiger partial charge in [-0.15, -0.1) is 0 Å². The van der Waals surface area contributed by atoms with Crippen LogP contribution in [0.15, 0.2) is 60.7 Å². The summed E-state index contributed by atoms with van der Waals surface area (Å²) in [7, 11) is 0. The lowest BCUT2D eigenvalue weighted by atomic mass is 9.71. The predicted octanol–water partition coefficient (Wildman–Crippen LogP) is 6.99. The zero-order valence-corrected chi connectivity index (χ0v) is 16.6. The van der Waals surface area contributed by atoms with Crippen LogP contribution < -0.4 is 0 Å². The van der Waals surface area contributed by atoms with E-state index in [1.54, 1.807) is 11.1 Å². The number of hydrogen-bond donors (Lipinski definition) is 0. The molecule has 2 aliphatic rings. The maximum absolute atomic E-state index is 2.37. The van der Waals surface area contributed by atoms with Crippen LogP contribution in [0.25, 0.3) is 33.0 Å². The summed E-state index contributed by atoms with van der Waals surface area (Å²) >= 11 is 0. The first-order valence-corrected chi connectivity index (χ1v) is 10.5. The minimum atomic E-state index is 1.15. The van der Waals surface area contributed by atoms with Crippen molar-refractivity contribution in [2.45, 2.75) is 39.5 Å². The van der Waals surface area contributed by atoms with Crippen LogP contribution in [0.5, 0.6) is 0 Å². The molecule has 136 valence electrons. The summed E-state index contributed by atoms with van der Waals surface area (Å²) in [5.41, 5.74) is 15.2. The third-order valence-electron chi connectivity index (χ3n) is 7.16. The molecular formula is C28H24. The van der Waals surface area contributed by atoms with Crippen molar-refractivity contribution in [3.8, 4) is 22.3 Å². The average Bonchev–Trinajstić information content (AvgIpc) is 2.76. The molecule has 0 saturated heterocycles. The summed E-state index contributed by atoms with van der Waals surface area (Å²) in [4.78, 5) is 0. The summed E-state index contributed by atoms with van der Waals surface area (Å²) < 4.78 is 0. The van der Waals surface area contributed by atoms with E-state index in [-0.39, 0.29) is 0 Å². The lowest BCUT2D eigenvalue weighted by Gasteiger charge is -2.32. The van der Waals surface area contributed by atoms with Crippen LogP contribution in [-0.4, -0.2) is 0 Å². The highest BCUT2D eigenvalue weighted by Crippen LogP contribution is 2.50. The SMILES string of the molecule is Cc1c(C)c2c(c3c1CCc1ccccc1-3)-c1c(ccc3ccccc13)CC2. The molecule has 0 amide bonds. The Kier molecular flexibility index (Phi) is 3.35. The van der Waals surface area contributed by atoms with E-state index in [2.05, 4.69) is 74.5 Å². The standard InChI is InChI=1S/C28H24/c1-17-18(2)23-16-14-21-12-11-19-7-3-5-9-24(19)26(21)28(23)27-22(17)15-13-20-8-4-6-10-25(20)27/h3-12H,13-16H2,1-2H3. The molecule has 2 aliphatic carbocycles. The molecule has 0 saturated carbocycles. The van der Waals surface area contributed by atoms with E-state index in [9.17, 15) is 0 Å². The summed E-state index contributed by atoms with van der Waals surface area (Å²) in [6.07, 6.45) is 4.62. The van der Waals surface area contributed by atoms with Gasteiger partial charge in [-0.05, 0) is 106 Å². The lowest BCUT2D eigenvalue weighted by molar-refractivity contribution is 0.896. The van der Waals surface area contributed by atoms with Gasteiger partial charge >= 0.3 is 0 Å².